The van der Waals surface area contributed by atoms with Gasteiger partial charge in [0.15, 0.2) is 0 Å². The van der Waals surface area contributed by atoms with Crippen LogP contribution in [0.1, 0.15) is 29.4 Å². The minimum Gasteiger partial charge on any atom is -0.315 e. The fourth-order valence-electron chi connectivity index (χ4n) is 2.64. The Bertz CT molecular complexity index is 449. The zero-order chi connectivity index (χ0) is 13.1. The molecule has 2 rings (SSSR count). The van der Waals surface area contributed by atoms with Gasteiger partial charge in [-0.1, -0.05) is 0 Å². The number of rotatable bonds is 2. The van der Waals surface area contributed by atoms with Crippen molar-refractivity contribution in [3.8, 4) is 6.07 Å². The molecule has 1 fully saturated rings. The third-order valence-electron chi connectivity index (χ3n) is 3.70. The molecule has 1 aromatic rings. The lowest BCUT2D eigenvalue weighted by Crippen LogP contribution is -2.32. The Morgan fingerprint density at radius 2 is 2.11 bits per heavy atom. The molecule has 0 saturated carbocycles. The molecule has 0 amide bonds. The Labute approximate surface area is 108 Å². The maximum atomic E-state index is 9.53. The Balaban J connectivity index is 2.30. The summed E-state index contributed by atoms with van der Waals surface area (Å²) in [5, 5.41) is 17.3. The van der Waals surface area contributed by atoms with Crippen LogP contribution >= 0.6 is 0 Å². The number of hydrogen-bond donors (Lipinski definition) is 1. The van der Waals surface area contributed by atoms with Crippen molar-refractivity contribution in [2.75, 3.05) is 26.2 Å². The number of aryl methyl sites for hydroxylation is 2. The number of aromatic nitrogens is 2. The van der Waals surface area contributed by atoms with Gasteiger partial charge in [0.2, 0.25) is 0 Å². The predicted molar refractivity (Wildman–Crippen MR) is 70.1 cm³/mol. The van der Waals surface area contributed by atoms with Crippen LogP contribution in [0.4, 0.5) is 0 Å². The van der Waals surface area contributed by atoms with Crippen LogP contribution in [0.15, 0.2) is 0 Å². The summed E-state index contributed by atoms with van der Waals surface area (Å²) in [5.74, 6) is 0. The quantitative estimate of drug-likeness (QED) is 0.843. The van der Waals surface area contributed by atoms with Crippen molar-refractivity contribution in [1.82, 2.24) is 20.0 Å². The van der Waals surface area contributed by atoms with Gasteiger partial charge in [-0.05, 0) is 26.8 Å². The molecule has 5 heteroatoms. The highest BCUT2D eigenvalue weighted by Crippen LogP contribution is 2.26. The SMILES string of the molecule is Cc1nn(C)c(C)c1C(C#N)N1CCCNCC1. The molecule has 2 heterocycles. The molecule has 0 aliphatic carbocycles. The fraction of sp³-hybridized carbons (Fsp3) is 0.692. The normalized spacial score (nSPS) is 19.2. The van der Waals surface area contributed by atoms with Gasteiger partial charge in [-0.25, -0.2) is 0 Å². The standard InChI is InChI=1S/C13H21N5/c1-10-13(11(2)17(3)16-10)12(9-14)18-7-4-5-15-6-8-18/h12,15H,4-8H2,1-3H3. The largest absolute Gasteiger partial charge is 0.315 e. The van der Waals surface area contributed by atoms with Crippen LogP contribution in [0, 0.1) is 25.2 Å². The molecule has 0 bridgehead atoms. The molecule has 98 valence electrons. The van der Waals surface area contributed by atoms with E-state index >= 15 is 0 Å². The summed E-state index contributed by atoms with van der Waals surface area (Å²) < 4.78 is 1.87. The first-order chi connectivity index (χ1) is 8.65. The van der Waals surface area contributed by atoms with E-state index in [1.165, 1.54) is 0 Å². The first kappa shape index (κ1) is 13.1. The molecular formula is C13H21N5. The van der Waals surface area contributed by atoms with Crippen molar-refractivity contribution in [2.24, 2.45) is 7.05 Å². The summed E-state index contributed by atoms with van der Waals surface area (Å²) in [6.45, 7) is 7.92. The molecule has 18 heavy (non-hydrogen) atoms. The lowest BCUT2D eigenvalue weighted by atomic mass is 10.0. The second kappa shape index (κ2) is 5.51. The Kier molecular flexibility index (Phi) is 4.00. The molecule has 1 saturated heterocycles. The van der Waals surface area contributed by atoms with E-state index in [2.05, 4.69) is 21.4 Å². The van der Waals surface area contributed by atoms with E-state index in [1.54, 1.807) is 0 Å². The third kappa shape index (κ3) is 2.40. The Morgan fingerprint density at radius 1 is 1.33 bits per heavy atom. The van der Waals surface area contributed by atoms with E-state index in [0.29, 0.717) is 0 Å². The van der Waals surface area contributed by atoms with Crippen molar-refractivity contribution in [1.29, 1.82) is 5.26 Å². The summed E-state index contributed by atoms with van der Waals surface area (Å²) in [5.41, 5.74) is 3.15. The van der Waals surface area contributed by atoms with E-state index < -0.39 is 0 Å². The van der Waals surface area contributed by atoms with E-state index in [4.69, 9.17) is 0 Å². The van der Waals surface area contributed by atoms with Crippen molar-refractivity contribution in [2.45, 2.75) is 26.3 Å². The maximum absolute atomic E-state index is 9.53. The van der Waals surface area contributed by atoms with E-state index in [0.717, 1.165) is 49.6 Å². The van der Waals surface area contributed by atoms with Gasteiger partial charge in [0.25, 0.3) is 0 Å². The highest BCUT2D eigenvalue weighted by molar-refractivity contribution is 5.32. The van der Waals surface area contributed by atoms with Crippen molar-refractivity contribution >= 4 is 0 Å². The van der Waals surface area contributed by atoms with Gasteiger partial charge in [0.1, 0.15) is 6.04 Å². The molecule has 1 unspecified atom stereocenters. The highest BCUT2D eigenvalue weighted by atomic mass is 15.3. The van der Waals surface area contributed by atoms with Crippen LogP contribution in [0.2, 0.25) is 0 Å². The lowest BCUT2D eigenvalue weighted by molar-refractivity contribution is 0.251. The van der Waals surface area contributed by atoms with Gasteiger partial charge in [-0.2, -0.15) is 10.4 Å². The lowest BCUT2D eigenvalue weighted by Gasteiger charge is -2.25. The number of nitriles is 1. The number of hydrogen-bond acceptors (Lipinski definition) is 4. The Morgan fingerprint density at radius 3 is 2.72 bits per heavy atom. The average molecular weight is 247 g/mol. The molecule has 1 aliphatic heterocycles. The molecular weight excluding hydrogens is 226 g/mol. The zero-order valence-electron chi connectivity index (χ0n) is 11.4. The topological polar surface area (TPSA) is 56.9 Å². The molecule has 1 atom stereocenters. The molecule has 0 radical (unpaired) electrons. The first-order valence-electron chi connectivity index (χ1n) is 6.49. The second-order valence-corrected chi connectivity index (χ2v) is 4.88. The van der Waals surface area contributed by atoms with Gasteiger partial charge < -0.3 is 5.32 Å². The van der Waals surface area contributed by atoms with Crippen molar-refractivity contribution < 1.29 is 0 Å². The number of nitrogens with zero attached hydrogens (tertiary/aromatic N) is 4. The van der Waals surface area contributed by atoms with Crippen molar-refractivity contribution in [3.05, 3.63) is 17.0 Å². The summed E-state index contributed by atoms with van der Waals surface area (Å²) in [4.78, 5) is 2.26. The third-order valence-corrected chi connectivity index (χ3v) is 3.70. The first-order valence-corrected chi connectivity index (χ1v) is 6.49. The molecule has 1 aliphatic rings. The zero-order valence-corrected chi connectivity index (χ0v) is 11.4. The minimum atomic E-state index is -0.168. The van der Waals surface area contributed by atoms with E-state index in [9.17, 15) is 5.26 Å². The second-order valence-electron chi connectivity index (χ2n) is 4.88. The fourth-order valence-corrected chi connectivity index (χ4v) is 2.64. The van der Waals surface area contributed by atoms with Gasteiger partial charge in [0, 0.05) is 37.9 Å². The Hall–Kier alpha value is -1.38. The van der Waals surface area contributed by atoms with E-state index in [-0.39, 0.29) is 6.04 Å². The van der Waals surface area contributed by atoms with Crippen LogP contribution < -0.4 is 5.32 Å². The number of nitrogens with one attached hydrogen (secondary N) is 1. The summed E-state index contributed by atoms with van der Waals surface area (Å²) in [6.07, 6.45) is 1.09. The molecule has 1 N–H and O–H groups in total. The van der Waals surface area contributed by atoms with Crippen LogP contribution in [-0.2, 0) is 7.05 Å². The van der Waals surface area contributed by atoms with Crippen LogP contribution in [0.5, 0.6) is 0 Å². The van der Waals surface area contributed by atoms with E-state index in [1.807, 2.05) is 25.6 Å². The molecule has 0 aromatic carbocycles. The van der Waals surface area contributed by atoms with Gasteiger partial charge in [-0.15, -0.1) is 0 Å². The smallest absolute Gasteiger partial charge is 0.127 e. The summed E-state index contributed by atoms with van der Waals surface area (Å²) in [7, 11) is 1.93. The van der Waals surface area contributed by atoms with Gasteiger partial charge in [0.05, 0.1) is 11.8 Å². The molecule has 0 spiro atoms. The van der Waals surface area contributed by atoms with Gasteiger partial charge in [-0.3, -0.25) is 9.58 Å². The molecule has 5 nitrogen and oxygen atoms in total. The average Bonchev–Trinajstić information content (AvgIpc) is 2.58. The van der Waals surface area contributed by atoms with Gasteiger partial charge >= 0.3 is 0 Å². The predicted octanol–water partition coefficient (Wildman–Crippen LogP) is 0.897. The van der Waals surface area contributed by atoms with Crippen LogP contribution in [0.3, 0.4) is 0 Å². The van der Waals surface area contributed by atoms with Crippen LogP contribution in [-0.4, -0.2) is 40.9 Å². The highest BCUT2D eigenvalue weighted by Gasteiger charge is 2.26. The molecule has 1 aromatic heterocycles. The monoisotopic (exact) mass is 247 g/mol. The summed E-state index contributed by atoms with van der Waals surface area (Å²) in [6, 6.07) is 2.29. The maximum Gasteiger partial charge on any atom is 0.127 e. The summed E-state index contributed by atoms with van der Waals surface area (Å²) >= 11 is 0. The minimum absolute atomic E-state index is 0.168. The van der Waals surface area contributed by atoms with Crippen molar-refractivity contribution in [3.63, 3.8) is 0 Å². The van der Waals surface area contributed by atoms with Crippen LogP contribution in [0.25, 0.3) is 0 Å².